The monoisotopic (exact) mass is 266 g/mol. The summed E-state index contributed by atoms with van der Waals surface area (Å²) in [5.41, 5.74) is 9.13. The van der Waals surface area contributed by atoms with Crippen molar-refractivity contribution in [1.82, 2.24) is 0 Å². The van der Waals surface area contributed by atoms with Gasteiger partial charge >= 0.3 is 0 Å². The lowest BCUT2D eigenvalue weighted by atomic mass is 10.1. The SMILES string of the molecule is Cc1cc(C(N)=S)ccc1N(C)C1CCSC1. The van der Waals surface area contributed by atoms with Gasteiger partial charge in [-0.15, -0.1) is 0 Å². The van der Waals surface area contributed by atoms with Crippen LogP contribution < -0.4 is 10.6 Å². The minimum Gasteiger partial charge on any atom is -0.389 e. The highest BCUT2D eigenvalue weighted by Gasteiger charge is 2.21. The Morgan fingerprint density at radius 1 is 1.53 bits per heavy atom. The molecular formula is C13H18N2S2. The Kier molecular flexibility index (Phi) is 3.94. The van der Waals surface area contributed by atoms with Crippen molar-refractivity contribution < 1.29 is 0 Å². The van der Waals surface area contributed by atoms with E-state index >= 15 is 0 Å². The molecule has 1 aromatic carbocycles. The van der Waals surface area contributed by atoms with Crippen LogP contribution in [0.4, 0.5) is 5.69 Å². The summed E-state index contributed by atoms with van der Waals surface area (Å²) >= 11 is 7.04. The number of aryl methyl sites for hydroxylation is 1. The molecule has 92 valence electrons. The average Bonchev–Trinajstić information content (AvgIpc) is 2.81. The van der Waals surface area contributed by atoms with Crippen molar-refractivity contribution >= 4 is 34.7 Å². The smallest absolute Gasteiger partial charge is 0.103 e. The van der Waals surface area contributed by atoms with Crippen molar-refractivity contribution in [3.05, 3.63) is 29.3 Å². The Morgan fingerprint density at radius 2 is 2.29 bits per heavy atom. The molecule has 17 heavy (non-hydrogen) atoms. The van der Waals surface area contributed by atoms with Crippen LogP contribution in [0.1, 0.15) is 17.5 Å². The van der Waals surface area contributed by atoms with Crippen molar-refractivity contribution in [3.8, 4) is 0 Å². The molecular weight excluding hydrogens is 248 g/mol. The van der Waals surface area contributed by atoms with Gasteiger partial charge < -0.3 is 10.6 Å². The predicted molar refractivity (Wildman–Crippen MR) is 81.2 cm³/mol. The molecule has 2 nitrogen and oxygen atoms in total. The van der Waals surface area contributed by atoms with Crippen molar-refractivity contribution in [1.29, 1.82) is 0 Å². The van der Waals surface area contributed by atoms with Crippen LogP contribution in [0, 0.1) is 6.92 Å². The van der Waals surface area contributed by atoms with E-state index in [2.05, 4.69) is 31.0 Å². The molecule has 0 aromatic heterocycles. The van der Waals surface area contributed by atoms with Gasteiger partial charge in [0.2, 0.25) is 0 Å². The number of nitrogens with zero attached hydrogens (tertiary/aromatic N) is 1. The zero-order valence-electron chi connectivity index (χ0n) is 10.3. The molecule has 1 aliphatic heterocycles. The van der Waals surface area contributed by atoms with Crippen LogP contribution in [0.5, 0.6) is 0 Å². The summed E-state index contributed by atoms with van der Waals surface area (Å²) in [4.78, 5) is 2.86. The highest BCUT2D eigenvalue weighted by atomic mass is 32.2. The Hall–Kier alpha value is -0.740. The van der Waals surface area contributed by atoms with E-state index in [1.54, 1.807) is 0 Å². The first kappa shape index (κ1) is 12.7. The average molecular weight is 266 g/mol. The molecule has 0 radical (unpaired) electrons. The summed E-state index contributed by atoms with van der Waals surface area (Å²) in [7, 11) is 2.18. The van der Waals surface area contributed by atoms with E-state index in [1.807, 2.05) is 17.8 Å². The van der Waals surface area contributed by atoms with Crippen LogP contribution in [-0.2, 0) is 0 Å². The van der Waals surface area contributed by atoms with E-state index in [1.165, 1.54) is 29.2 Å². The number of hydrogen-bond acceptors (Lipinski definition) is 3. The lowest BCUT2D eigenvalue weighted by molar-refractivity contribution is 0.698. The van der Waals surface area contributed by atoms with Crippen LogP contribution in [0.25, 0.3) is 0 Å². The molecule has 0 bridgehead atoms. The Labute approximate surface area is 113 Å². The number of nitrogens with two attached hydrogens (primary N) is 1. The number of rotatable bonds is 3. The quantitative estimate of drug-likeness (QED) is 0.852. The van der Waals surface area contributed by atoms with Crippen molar-refractivity contribution in [2.45, 2.75) is 19.4 Å². The van der Waals surface area contributed by atoms with Gasteiger partial charge in [-0.25, -0.2) is 0 Å². The molecule has 1 aliphatic rings. The van der Waals surface area contributed by atoms with E-state index in [4.69, 9.17) is 18.0 Å². The minimum atomic E-state index is 0.471. The molecule has 0 amide bonds. The van der Waals surface area contributed by atoms with Gasteiger partial charge in [0.1, 0.15) is 4.99 Å². The van der Waals surface area contributed by atoms with Gasteiger partial charge in [-0.2, -0.15) is 11.8 Å². The molecule has 4 heteroatoms. The Morgan fingerprint density at radius 3 is 2.82 bits per heavy atom. The standard InChI is InChI=1S/C13H18N2S2/c1-9-7-10(13(14)16)3-4-12(9)15(2)11-5-6-17-8-11/h3-4,7,11H,5-6,8H2,1-2H3,(H2,14,16). The fourth-order valence-electron chi connectivity index (χ4n) is 2.23. The number of anilines is 1. The molecule has 2 N–H and O–H groups in total. The van der Waals surface area contributed by atoms with Gasteiger partial charge in [0.25, 0.3) is 0 Å². The van der Waals surface area contributed by atoms with E-state index in [9.17, 15) is 0 Å². The summed E-state index contributed by atoms with van der Waals surface area (Å²) < 4.78 is 0. The van der Waals surface area contributed by atoms with Crippen LogP contribution in [0.15, 0.2) is 18.2 Å². The third kappa shape index (κ3) is 2.75. The summed E-state index contributed by atoms with van der Waals surface area (Å²) in [6.45, 7) is 2.12. The number of hydrogen-bond donors (Lipinski definition) is 1. The second-order valence-corrected chi connectivity index (χ2v) is 6.08. The fourth-order valence-corrected chi connectivity index (χ4v) is 3.62. The molecule has 0 aliphatic carbocycles. The van der Waals surface area contributed by atoms with Crippen molar-refractivity contribution in [3.63, 3.8) is 0 Å². The van der Waals surface area contributed by atoms with E-state index in [0.29, 0.717) is 11.0 Å². The molecule has 1 unspecified atom stereocenters. The summed E-state index contributed by atoms with van der Waals surface area (Å²) in [5, 5.41) is 0. The van der Waals surface area contributed by atoms with Crippen molar-refractivity contribution in [2.75, 3.05) is 23.5 Å². The van der Waals surface area contributed by atoms with Crippen LogP contribution in [-0.4, -0.2) is 29.6 Å². The minimum absolute atomic E-state index is 0.471. The van der Waals surface area contributed by atoms with E-state index in [-0.39, 0.29) is 0 Å². The van der Waals surface area contributed by atoms with Crippen LogP contribution in [0.3, 0.4) is 0 Å². The van der Waals surface area contributed by atoms with Gasteiger partial charge in [0.15, 0.2) is 0 Å². The summed E-state index contributed by atoms with van der Waals surface area (Å²) in [6, 6.07) is 6.89. The maximum absolute atomic E-state index is 5.65. The lowest BCUT2D eigenvalue weighted by Crippen LogP contribution is -2.31. The van der Waals surface area contributed by atoms with Gasteiger partial charge in [0.05, 0.1) is 0 Å². The highest BCUT2D eigenvalue weighted by Crippen LogP contribution is 2.28. The van der Waals surface area contributed by atoms with Gasteiger partial charge in [-0.1, -0.05) is 12.2 Å². The highest BCUT2D eigenvalue weighted by molar-refractivity contribution is 7.99. The number of benzene rings is 1. The van der Waals surface area contributed by atoms with E-state index < -0.39 is 0 Å². The lowest BCUT2D eigenvalue weighted by Gasteiger charge is -2.27. The summed E-state index contributed by atoms with van der Waals surface area (Å²) in [6.07, 6.45) is 1.28. The largest absolute Gasteiger partial charge is 0.389 e. The third-order valence-corrected chi connectivity index (χ3v) is 4.70. The van der Waals surface area contributed by atoms with Crippen LogP contribution >= 0.6 is 24.0 Å². The number of thiocarbonyl (C=S) groups is 1. The second kappa shape index (κ2) is 5.27. The van der Waals surface area contributed by atoms with Gasteiger partial charge in [-0.3, -0.25) is 0 Å². The molecule has 1 atom stereocenters. The molecule has 1 fully saturated rings. The molecule has 2 rings (SSSR count). The maximum atomic E-state index is 5.65. The van der Waals surface area contributed by atoms with Crippen molar-refractivity contribution in [2.24, 2.45) is 5.73 Å². The maximum Gasteiger partial charge on any atom is 0.103 e. The predicted octanol–water partition coefficient (Wildman–Crippen LogP) is 2.57. The first-order valence-electron chi connectivity index (χ1n) is 5.80. The zero-order valence-corrected chi connectivity index (χ0v) is 11.9. The first-order valence-corrected chi connectivity index (χ1v) is 7.37. The molecule has 0 saturated carbocycles. The second-order valence-electron chi connectivity index (χ2n) is 4.49. The zero-order chi connectivity index (χ0) is 12.4. The van der Waals surface area contributed by atoms with E-state index in [0.717, 1.165) is 5.56 Å². The van der Waals surface area contributed by atoms with Gasteiger partial charge in [-0.05, 0) is 42.9 Å². The molecule has 1 aromatic rings. The first-order chi connectivity index (χ1) is 8.09. The Bertz CT molecular complexity index is 425. The topological polar surface area (TPSA) is 29.3 Å². The Balaban J connectivity index is 2.23. The molecule has 1 saturated heterocycles. The fraction of sp³-hybridized carbons (Fsp3) is 0.462. The van der Waals surface area contributed by atoms with Crippen LogP contribution in [0.2, 0.25) is 0 Å². The summed E-state index contributed by atoms with van der Waals surface area (Å²) in [5.74, 6) is 2.51. The number of thioether (sulfide) groups is 1. The molecule has 0 spiro atoms. The normalized spacial score (nSPS) is 19.3. The van der Waals surface area contributed by atoms with Gasteiger partial charge in [0, 0.05) is 30.1 Å². The third-order valence-electron chi connectivity index (χ3n) is 3.31. The molecule has 1 heterocycles.